The Morgan fingerprint density at radius 1 is 0.778 bits per heavy atom. The van der Waals surface area contributed by atoms with Gasteiger partial charge < -0.3 is 4.90 Å². The zero-order chi connectivity index (χ0) is 18.5. The molecule has 27 heavy (non-hydrogen) atoms. The first-order valence-corrected chi connectivity index (χ1v) is 9.73. The van der Waals surface area contributed by atoms with Gasteiger partial charge in [-0.25, -0.2) is 0 Å². The van der Waals surface area contributed by atoms with Crippen LogP contribution >= 0.6 is 0 Å². The van der Waals surface area contributed by atoms with Crippen molar-refractivity contribution < 1.29 is 0 Å². The van der Waals surface area contributed by atoms with Crippen LogP contribution in [0.15, 0.2) is 66.7 Å². The Balaban J connectivity index is 1.47. The van der Waals surface area contributed by atoms with Gasteiger partial charge in [0.2, 0.25) is 0 Å². The van der Waals surface area contributed by atoms with Crippen molar-refractivity contribution in [3.8, 4) is 11.8 Å². The molecule has 4 rings (SSSR count). The second-order valence-electron chi connectivity index (χ2n) is 7.44. The van der Waals surface area contributed by atoms with Gasteiger partial charge in [-0.15, -0.1) is 0 Å². The molecule has 1 saturated heterocycles. The lowest BCUT2D eigenvalue weighted by molar-refractivity contribution is 0.168. The molecule has 2 nitrogen and oxygen atoms in total. The van der Waals surface area contributed by atoms with Gasteiger partial charge in [-0.2, -0.15) is 0 Å². The normalized spacial score (nSPS) is 15.4. The van der Waals surface area contributed by atoms with Crippen molar-refractivity contribution in [2.75, 3.05) is 39.8 Å². The van der Waals surface area contributed by atoms with Crippen molar-refractivity contribution in [3.05, 3.63) is 83.4 Å². The van der Waals surface area contributed by atoms with Gasteiger partial charge in [-0.05, 0) is 47.5 Å². The van der Waals surface area contributed by atoms with Gasteiger partial charge in [-0.1, -0.05) is 66.4 Å². The Hall–Kier alpha value is -2.60. The lowest BCUT2D eigenvalue weighted by Gasteiger charge is -2.30. The Kier molecular flexibility index (Phi) is 5.53. The summed E-state index contributed by atoms with van der Waals surface area (Å²) in [7, 11) is 2.18. The third kappa shape index (κ3) is 4.77. The van der Waals surface area contributed by atoms with E-state index in [4.69, 9.17) is 0 Å². The van der Waals surface area contributed by atoms with Crippen LogP contribution in [0, 0.1) is 11.8 Å². The molecular formula is C25H26N2. The molecule has 1 aliphatic heterocycles. The number of piperazine rings is 1. The summed E-state index contributed by atoms with van der Waals surface area (Å²) in [5, 5.41) is 2.55. The number of hydrogen-bond acceptors (Lipinski definition) is 2. The first-order chi connectivity index (χ1) is 13.3. The average Bonchev–Trinajstić information content (AvgIpc) is 2.70. The average molecular weight is 354 g/mol. The molecule has 0 aromatic heterocycles. The highest BCUT2D eigenvalue weighted by Gasteiger charge is 2.11. The van der Waals surface area contributed by atoms with Gasteiger partial charge in [0, 0.05) is 31.7 Å². The number of likely N-dealkylation sites (N-methyl/N-ethyl adjacent to an activating group) is 1. The quantitative estimate of drug-likeness (QED) is 0.655. The fourth-order valence-electron chi connectivity index (χ4n) is 3.57. The van der Waals surface area contributed by atoms with Crippen LogP contribution in [-0.4, -0.2) is 49.6 Å². The number of nitrogens with zero attached hydrogens (tertiary/aromatic N) is 2. The van der Waals surface area contributed by atoms with Crippen molar-refractivity contribution in [2.45, 2.75) is 6.42 Å². The number of benzene rings is 3. The first-order valence-electron chi connectivity index (χ1n) is 9.73. The van der Waals surface area contributed by atoms with Crippen LogP contribution < -0.4 is 0 Å². The predicted octanol–water partition coefficient (Wildman–Crippen LogP) is 4.03. The molecule has 0 radical (unpaired) electrons. The summed E-state index contributed by atoms with van der Waals surface area (Å²) < 4.78 is 0. The number of fused-ring (bicyclic) bond motifs is 1. The van der Waals surface area contributed by atoms with E-state index >= 15 is 0 Å². The topological polar surface area (TPSA) is 6.48 Å². The van der Waals surface area contributed by atoms with Crippen LogP contribution in [0.4, 0.5) is 0 Å². The summed E-state index contributed by atoms with van der Waals surface area (Å²) in [4.78, 5) is 4.81. The van der Waals surface area contributed by atoms with E-state index < -0.39 is 0 Å². The van der Waals surface area contributed by atoms with Crippen LogP contribution in [-0.2, 0) is 6.42 Å². The molecule has 1 fully saturated rings. The predicted molar refractivity (Wildman–Crippen MR) is 114 cm³/mol. The van der Waals surface area contributed by atoms with Crippen molar-refractivity contribution in [1.29, 1.82) is 0 Å². The lowest BCUT2D eigenvalue weighted by Crippen LogP contribution is -2.44. The Bertz CT molecular complexity index is 958. The van der Waals surface area contributed by atoms with Gasteiger partial charge in [0.05, 0.1) is 6.54 Å². The van der Waals surface area contributed by atoms with Crippen LogP contribution in [0.5, 0.6) is 0 Å². The monoisotopic (exact) mass is 354 g/mol. The molecule has 3 aromatic carbocycles. The van der Waals surface area contributed by atoms with Gasteiger partial charge in [0.1, 0.15) is 0 Å². The summed E-state index contributed by atoms with van der Waals surface area (Å²) in [6.07, 6.45) is 0.968. The zero-order valence-electron chi connectivity index (χ0n) is 16.0. The van der Waals surface area contributed by atoms with Crippen molar-refractivity contribution in [1.82, 2.24) is 9.80 Å². The molecular weight excluding hydrogens is 328 g/mol. The van der Waals surface area contributed by atoms with Gasteiger partial charge in [-0.3, -0.25) is 4.90 Å². The molecule has 3 aromatic rings. The van der Waals surface area contributed by atoms with Crippen LogP contribution in [0.1, 0.15) is 16.7 Å². The maximum Gasteiger partial charge on any atom is 0.0606 e. The Morgan fingerprint density at radius 3 is 2.37 bits per heavy atom. The number of rotatable bonds is 3. The standard InChI is InChI=1S/C25H26N2/c1-26-14-16-27(17-15-26)13-5-8-22-9-11-24-12-10-23(20-25(24)19-22)18-21-6-3-2-4-7-21/h2-4,6-7,9-12,19-20H,13-18H2,1H3. The fourth-order valence-corrected chi connectivity index (χ4v) is 3.57. The van der Waals surface area contributed by atoms with Crippen LogP contribution in [0.3, 0.4) is 0 Å². The van der Waals surface area contributed by atoms with Crippen molar-refractivity contribution in [2.24, 2.45) is 0 Å². The molecule has 1 heterocycles. The first kappa shape index (κ1) is 17.8. The highest BCUT2D eigenvalue weighted by Crippen LogP contribution is 2.19. The number of hydrogen-bond donors (Lipinski definition) is 0. The van der Waals surface area contributed by atoms with E-state index in [2.05, 4.69) is 95.4 Å². The Morgan fingerprint density at radius 2 is 1.56 bits per heavy atom. The molecule has 0 aliphatic carbocycles. The largest absolute Gasteiger partial charge is 0.304 e. The van der Waals surface area contributed by atoms with Gasteiger partial charge in [0.15, 0.2) is 0 Å². The van der Waals surface area contributed by atoms with E-state index in [0.717, 1.165) is 44.7 Å². The lowest BCUT2D eigenvalue weighted by atomic mass is 10.00. The molecule has 1 aliphatic rings. The van der Waals surface area contributed by atoms with Crippen molar-refractivity contribution in [3.63, 3.8) is 0 Å². The summed E-state index contributed by atoms with van der Waals surface area (Å²) in [5.41, 5.74) is 3.80. The molecule has 0 saturated carbocycles. The summed E-state index contributed by atoms with van der Waals surface area (Å²) >= 11 is 0. The maximum absolute atomic E-state index is 3.36. The van der Waals surface area contributed by atoms with E-state index in [-0.39, 0.29) is 0 Å². The molecule has 0 amide bonds. The minimum absolute atomic E-state index is 0.861. The second kappa shape index (κ2) is 8.39. The molecule has 136 valence electrons. The van der Waals surface area contributed by atoms with E-state index in [1.54, 1.807) is 0 Å². The SMILES string of the molecule is CN1CCN(CC#Cc2ccc3ccc(Cc4ccccc4)cc3c2)CC1. The molecule has 0 bridgehead atoms. The maximum atomic E-state index is 3.36. The molecule has 0 spiro atoms. The van der Waals surface area contributed by atoms with Crippen LogP contribution in [0.2, 0.25) is 0 Å². The minimum Gasteiger partial charge on any atom is -0.304 e. The second-order valence-corrected chi connectivity index (χ2v) is 7.44. The van der Waals surface area contributed by atoms with Crippen LogP contribution in [0.25, 0.3) is 10.8 Å². The van der Waals surface area contributed by atoms with Crippen molar-refractivity contribution >= 4 is 10.8 Å². The minimum atomic E-state index is 0.861. The third-order valence-corrected chi connectivity index (χ3v) is 5.29. The highest BCUT2D eigenvalue weighted by atomic mass is 15.2. The highest BCUT2D eigenvalue weighted by molar-refractivity contribution is 5.84. The van der Waals surface area contributed by atoms with Gasteiger partial charge >= 0.3 is 0 Å². The van der Waals surface area contributed by atoms with E-state index in [1.807, 2.05) is 0 Å². The van der Waals surface area contributed by atoms with E-state index in [9.17, 15) is 0 Å². The summed E-state index contributed by atoms with van der Waals surface area (Å²) in [6, 6.07) is 23.9. The van der Waals surface area contributed by atoms with Gasteiger partial charge in [0.25, 0.3) is 0 Å². The molecule has 2 heteroatoms. The smallest absolute Gasteiger partial charge is 0.0606 e. The Labute approximate surface area is 162 Å². The zero-order valence-corrected chi connectivity index (χ0v) is 16.0. The molecule has 0 N–H and O–H groups in total. The van der Waals surface area contributed by atoms with E-state index in [0.29, 0.717) is 0 Å². The molecule has 0 unspecified atom stereocenters. The summed E-state index contributed by atoms with van der Waals surface area (Å²) in [5.74, 6) is 6.72. The molecule has 0 atom stereocenters. The van der Waals surface area contributed by atoms with E-state index in [1.165, 1.54) is 21.9 Å². The summed E-state index contributed by atoms with van der Waals surface area (Å²) in [6.45, 7) is 5.38. The fraction of sp³-hybridized carbons (Fsp3) is 0.280. The third-order valence-electron chi connectivity index (χ3n) is 5.29.